The second-order valence-electron chi connectivity index (χ2n) is 7.38. The molecule has 0 aromatic heterocycles. The van der Waals surface area contributed by atoms with E-state index in [1.165, 1.54) is 24.0 Å². The second-order valence-corrected chi connectivity index (χ2v) is 7.38. The van der Waals surface area contributed by atoms with Crippen LogP contribution in [0.5, 0.6) is 11.5 Å². The molecule has 2 fully saturated rings. The lowest BCUT2D eigenvalue weighted by Crippen LogP contribution is -2.45. The van der Waals surface area contributed by atoms with Gasteiger partial charge in [-0.1, -0.05) is 0 Å². The van der Waals surface area contributed by atoms with E-state index in [0.29, 0.717) is 12.5 Å². The molecule has 1 saturated heterocycles. The molecule has 1 aromatic rings. The molecule has 25 heavy (non-hydrogen) atoms. The van der Waals surface area contributed by atoms with Crippen LogP contribution in [-0.2, 0) is 16.0 Å². The highest BCUT2D eigenvalue weighted by Gasteiger charge is 2.43. The molecule has 1 saturated carbocycles. The molecule has 4 rings (SSSR count). The predicted molar refractivity (Wildman–Crippen MR) is 94.0 cm³/mol. The van der Waals surface area contributed by atoms with Gasteiger partial charge in [0.05, 0.1) is 32.8 Å². The van der Waals surface area contributed by atoms with Crippen molar-refractivity contribution in [1.29, 1.82) is 0 Å². The number of ether oxygens (including phenoxy) is 3. The van der Waals surface area contributed by atoms with Crippen LogP contribution in [0, 0.1) is 11.8 Å². The van der Waals surface area contributed by atoms with Gasteiger partial charge in [0.25, 0.3) is 0 Å². The number of carbonyl (C=O) groups is 1. The quantitative estimate of drug-likeness (QED) is 0.842. The lowest BCUT2D eigenvalue weighted by atomic mass is 9.87. The monoisotopic (exact) mass is 345 g/mol. The zero-order valence-electron chi connectivity index (χ0n) is 15.1. The maximum absolute atomic E-state index is 13.2. The van der Waals surface area contributed by atoms with Crippen LogP contribution in [-0.4, -0.2) is 44.8 Å². The van der Waals surface area contributed by atoms with Gasteiger partial charge in [-0.3, -0.25) is 4.79 Å². The Hall–Kier alpha value is -1.75. The summed E-state index contributed by atoms with van der Waals surface area (Å²) in [5, 5.41) is 0. The van der Waals surface area contributed by atoms with E-state index in [0.717, 1.165) is 43.9 Å². The van der Waals surface area contributed by atoms with Gasteiger partial charge in [-0.2, -0.15) is 0 Å². The predicted octanol–water partition coefficient (Wildman–Crippen LogP) is 2.97. The molecule has 1 amide bonds. The summed E-state index contributed by atoms with van der Waals surface area (Å²) in [7, 11) is 3.34. The van der Waals surface area contributed by atoms with E-state index in [1.807, 2.05) is 0 Å². The topological polar surface area (TPSA) is 48.0 Å². The number of hydrogen-bond donors (Lipinski definition) is 0. The van der Waals surface area contributed by atoms with E-state index in [4.69, 9.17) is 14.2 Å². The van der Waals surface area contributed by atoms with Crippen LogP contribution >= 0.6 is 0 Å². The van der Waals surface area contributed by atoms with Crippen LogP contribution < -0.4 is 9.47 Å². The Morgan fingerprint density at radius 1 is 1.16 bits per heavy atom. The molecule has 5 nitrogen and oxygen atoms in total. The normalized spacial score (nSPS) is 26.1. The minimum absolute atomic E-state index is 0.0247. The summed E-state index contributed by atoms with van der Waals surface area (Å²) >= 11 is 0. The van der Waals surface area contributed by atoms with Gasteiger partial charge in [0, 0.05) is 13.2 Å². The van der Waals surface area contributed by atoms with Gasteiger partial charge in [-0.15, -0.1) is 0 Å². The van der Waals surface area contributed by atoms with E-state index in [1.54, 1.807) is 14.2 Å². The molecule has 2 aliphatic heterocycles. The molecule has 136 valence electrons. The van der Waals surface area contributed by atoms with E-state index in [9.17, 15) is 4.79 Å². The first kappa shape index (κ1) is 16.7. The van der Waals surface area contributed by atoms with Crippen molar-refractivity contribution in [3.05, 3.63) is 23.3 Å². The largest absolute Gasteiger partial charge is 0.493 e. The Labute approximate surface area is 149 Å². The summed E-state index contributed by atoms with van der Waals surface area (Å²) in [5.41, 5.74) is 2.54. The highest BCUT2D eigenvalue weighted by atomic mass is 16.5. The average molecular weight is 345 g/mol. The van der Waals surface area contributed by atoms with Crippen LogP contribution in [0.1, 0.15) is 42.9 Å². The zero-order chi connectivity index (χ0) is 17.4. The van der Waals surface area contributed by atoms with Crippen LogP contribution in [0.3, 0.4) is 0 Å². The van der Waals surface area contributed by atoms with Crippen molar-refractivity contribution in [3.63, 3.8) is 0 Å². The van der Waals surface area contributed by atoms with Gasteiger partial charge in [-0.25, -0.2) is 0 Å². The van der Waals surface area contributed by atoms with Crippen LogP contribution in [0.25, 0.3) is 0 Å². The Morgan fingerprint density at radius 2 is 1.92 bits per heavy atom. The number of methoxy groups -OCH3 is 2. The first-order chi connectivity index (χ1) is 12.2. The number of fused-ring (bicyclic) bond motifs is 1. The number of carbonyl (C=O) groups excluding carboxylic acids is 1. The molecule has 2 heterocycles. The van der Waals surface area contributed by atoms with Crippen LogP contribution in [0.15, 0.2) is 12.1 Å². The van der Waals surface area contributed by atoms with Crippen molar-refractivity contribution >= 4 is 5.91 Å². The van der Waals surface area contributed by atoms with E-state index < -0.39 is 0 Å². The standard InChI is InChI=1S/C20H27NO4/c1-23-17-10-14-7-8-21(20(22)15-4-3-9-25-12-15)19(13-5-6-13)16(14)11-18(17)24-2/h10-11,13,15,19H,3-9,12H2,1-2H3. The third-order valence-corrected chi connectivity index (χ3v) is 5.78. The summed E-state index contributed by atoms with van der Waals surface area (Å²) in [6, 6.07) is 4.36. The van der Waals surface area contributed by atoms with Gasteiger partial charge >= 0.3 is 0 Å². The summed E-state index contributed by atoms with van der Waals surface area (Å²) in [6.07, 6.45) is 5.20. The third-order valence-electron chi connectivity index (χ3n) is 5.78. The van der Waals surface area contributed by atoms with Crippen LogP contribution in [0.4, 0.5) is 0 Å². The number of amides is 1. The fourth-order valence-electron chi connectivity index (χ4n) is 4.31. The molecule has 3 aliphatic rings. The second kappa shape index (κ2) is 6.87. The highest BCUT2D eigenvalue weighted by molar-refractivity contribution is 5.80. The number of nitrogens with zero attached hydrogens (tertiary/aromatic N) is 1. The molecular weight excluding hydrogens is 318 g/mol. The molecule has 0 spiro atoms. The SMILES string of the molecule is COc1cc2c(cc1OC)C(C1CC1)N(C(=O)C1CCCOC1)CC2. The number of rotatable bonds is 4. The Kier molecular flexibility index (Phi) is 4.59. The molecule has 0 N–H and O–H groups in total. The number of hydrogen-bond acceptors (Lipinski definition) is 4. The third kappa shape index (κ3) is 3.10. The van der Waals surface area contributed by atoms with Gasteiger partial charge in [0.1, 0.15) is 0 Å². The first-order valence-electron chi connectivity index (χ1n) is 9.36. The Bertz CT molecular complexity index is 649. The van der Waals surface area contributed by atoms with Gasteiger partial charge in [-0.05, 0) is 61.3 Å². The molecule has 0 bridgehead atoms. The Balaban J connectivity index is 1.66. The van der Waals surface area contributed by atoms with E-state index in [2.05, 4.69) is 17.0 Å². The minimum atomic E-state index is 0.0247. The minimum Gasteiger partial charge on any atom is -0.493 e. The van der Waals surface area contributed by atoms with Crippen molar-refractivity contribution in [2.24, 2.45) is 11.8 Å². The maximum Gasteiger partial charge on any atom is 0.228 e. The molecule has 2 unspecified atom stereocenters. The average Bonchev–Trinajstić information content (AvgIpc) is 3.51. The van der Waals surface area contributed by atoms with Crippen molar-refractivity contribution in [2.75, 3.05) is 34.0 Å². The highest BCUT2D eigenvalue weighted by Crippen LogP contribution is 2.49. The maximum atomic E-state index is 13.2. The van der Waals surface area contributed by atoms with Gasteiger partial charge < -0.3 is 19.1 Å². The summed E-state index contributed by atoms with van der Waals surface area (Å²) < 4.78 is 16.5. The molecule has 1 aliphatic carbocycles. The molecule has 1 aromatic carbocycles. The van der Waals surface area contributed by atoms with Gasteiger partial charge in [0.2, 0.25) is 5.91 Å². The first-order valence-corrected chi connectivity index (χ1v) is 9.36. The molecule has 0 radical (unpaired) electrons. The smallest absolute Gasteiger partial charge is 0.228 e. The van der Waals surface area contributed by atoms with E-state index >= 15 is 0 Å². The van der Waals surface area contributed by atoms with Crippen molar-refractivity contribution in [1.82, 2.24) is 4.90 Å². The lowest BCUT2D eigenvalue weighted by Gasteiger charge is -2.40. The van der Waals surface area contributed by atoms with E-state index in [-0.39, 0.29) is 17.9 Å². The van der Waals surface area contributed by atoms with Gasteiger partial charge in [0.15, 0.2) is 11.5 Å². The summed E-state index contributed by atoms with van der Waals surface area (Å²) in [4.78, 5) is 15.3. The summed E-state index contributed by atoms with van der Waals surface area (Å²) in [6.45, 7) is 2.15. The lowest BCUT2D eigenvalue weighted by molar-refractivity contribution is -0.143. The van der Waals surface area contributed by atoms with Crippen molar-refractivity contribution in [3.8, 4) is 11.5 Å². The fourth-order valence-corrected chi connectivity index (χ4v) is 4.31. The zero-order valence-corrected chi connectivity index (χ0v) is 15.1. The number of benzene rings is 1. The molecular formula is C20H27NO4. The molecule has 2 atom stereocenters. The van der Waals surface area contributed by atoms with Crippen LogP contribution in [0.2, 0.25) is 0 Å². The summed E-state index contributed by atoms with van der Waals surface area (Å²) in [5.74, 6) is 2.40. The van der Waals surface area contributed by atoms with Crippen molar-refractivity contribution < 1.29 is 19.0 Å². The fraction of sp³-hybridized carbons (Fsp3) is 0.650. The van der Waals surface area contributed by atoms with Crippen molar-refractivity contribution in [2.45, 2.75) is 38.1 Å². The molecule has 5 heteroatoms. The Morgan fingerprint density at radius 3 is 2.56 bits per heavy atom.